The molecule has 0 fully saturated rings. The second kappa shape index (κ2) is 4.55. The van der Waals surface area contributed by atoms with E-state index >= 15 is 0 Å². The maximum Gasteiger partial charge on any atom is 0.389 e. The number of ether oxygens (including phenoxy) is 1. The number of ketones is 1. The van der Waals surface area contributed by atoms with Gasteiger partial charge in [0.25, 0.3) is 0 Å². The smallest absolute Gasteiger partial charge is 0.389 e. The van der Waals surface area contributed by atoms with Gasteiger partial charge in [-0.15, -0.1) is 0 Å². The molecule has 106 valence electrons. The summed E-state index contributed by atoms with van der Waals surface area (Å²) in [5.74, 6) is -0.0818. The van der Waals surface area contributed by atoms with Gasteiger partial charge in [-0.2, -0.15) is 0 Å². The Morgan fingerprint density at radius 3 is 2.90 bits per heavy atom. The summed E-state index contributed by atoms with van der Waals surface area (Å²) in [6.07, 6.45) is 2.67. The Bertz CT molecular complexity index is 805. The van der Waals surface area contributed by atoms with Gasteiger partial charge in [0.2, 0.25) is 12.1 Å². The number of aromatic nitrogens is 2. The predicted molar refractivity (Wildman–Crippen MR) is 74.0 cm³/mol. The summed E-state index contributed by atoms with van der Waals surface area (Å²) in [4.78, 5) is 26.3. The minimum Gasteiger partial charge on any atom is -0.452 e. The number of fused-ring (bicyclic) bond motifs is 1. The number of imidazole rings is 1. The second-order valence-corrected chi connectivity index (χ2v) is 4.76. The first-order valence-corrected chi connectivity index (χ1v) is 6.18. The van der Waals surface area contributed by atoms with Crippen LogP contribution in [0.2, 0.25) is 0 Å². The van der Waals surface area contributed by atoms with Crippen molar-refractivity contribution in [2.45, 2.75) is 6.92 Å². The molecule has 0 saturated heterocycles. The highest BCUT2D eigenvalue weighted by Crippen LogP contribution is 2.33. The molecule has 21 heavy (non-hydrogen) atoms. The van der Waals surface area contributed by atoms with Crippen LogP contribution in [-0.4, -0.2) is 20.3 Å². The molecule has 0 radical (unpaired) electrons. The molecule has 1 aromatic carbocycles. The van der Waals surface area contributed by atoms with Crippen molar-refractivity contribution in [3.63, 3.8) is 0 Å². The number of benzene rings is 1. The van der Waals surface area contributed by atoms with Crippen LogP contribution in [0.4, 0.5) is 5.82 Å². The lowest BCUT2D eigenvalue weighted by atomic mass is 10.1. The van der Waals surface area contributed by atoms with E-state index in [1.54, 1.807) is 19.2 Å². The number of nitrogens with zero attached hydrogens (tertiary/aromatic N) is 3. The number of carbonyl (C=O) groups excluding carboxylic acids is 1. The zero-order chi connectivity index (χ0) is 15.1. The number of nitro groups is 1. The SMILES string of the molecule is Cc1ccc2c(c1)C(=O)/C(=C/c1c([N+](=O)[O-])ncn1C)O2. The first kappa shape index (κ1) is 13.0. The number of carbonyl (C=O) groups is 1. The number of allylic oxidation sites excluding steroid dienone is 1. The minimum atomic E-state index is -0.594. The van der Waals surface area contributed by atoms with Crippen molar-refractivity contribution in [1.29, 1.82) is 0 Å². The monoisotopic (exact) mass is 285 g/mol. The van der Waals surface area contributed by atoms with E-state index < -0.39 is 4.92 Å². The lowest BCUT2D eigenvalue weighted by Crippen LogP contribution is -2.01. The normalized spacial score (nSPS) is 15.1. The molecule has 0 bridgehead atoms. The molecule has 0 spiro atoms. The fourth-order valence-corrected chi connectivity index (χ4v) is 2.16. The highest BCUT2D eigenvalue weighted by atomic mass is 16.6. The van der Waals surface area contributed by atoms with Gasteiger partial charge in [0.1, 0.15) is 11.4 Å². The summed E-state index contributed by atoms with van der Waals surface area (Å²) in [5.41, 5.74) is 1.62. The number of Topliss-reactive ketones (excluding diaryl/α,β-unsaturated/α-hetero) is 1. The van der Waals surface area contributed by atoms with Crippen LogP contribution in [0.25, 0.3) is 6.08 Å². The van der Waals surface area contributed by atoms with Crippen LogP contribution in [0.3, 0.4) is 0 Å². The van der Waals surface area contributed by atoms with Gasteiger partial charge in [0.15, 0.2) is 5.76 Å². The van der Waals surface area contributed by atoms with Gasteiger partial charge < -0.3 is 19.4 Å². The van der Waals surface area contributed by atoms with Crippen LogP contribution in [0.1, 0.15) is 21.6 Å². The first-order chi connectivity index (χ1) is 9.97. The summed E-state index contributed by atoms with van der Waals surface area (Å²) in [6, 6.07) is 5.28. The van der Waals surface area contributed by atoms with E-state index in [4.69, 9.17) is 4.74 Å². The third kappa shape index (κ3) is 2.08. The molecule has 1 aliphatic rings. The Balaban J connectivity index is 2.06. The molecule has 1 aromatic heterocycles. The number of hydrogen-bond acceptors (Lipinski definition) is 5. The van der Waals surface area contributed by atoms with E-state index in [1.165, 1.54) is 17.0 Å². The zero-order valence-electron chi connectivity index (χ0n) is 11.4. The van der Waals surface area contributed by atoms with Crippen LogP contribution in [0.15, 0.2) is 30.3 Å². The van der Waals surface area contributed by atoms with E-state index in [0.717, 1.165) is 5.56 Å². The van der Waals surface area contributed by atoms with Crippen LogP contribution in [0.5, 0.6) is 5.75 Å². The largest absolute Gasteiger partial charge is 0.452 e. The Morgan fingerprint density at radius 1 is 1.43 bits per heavy atom. The average molecular weight is 285 g/mol. The van der Waals surface area contributed by atoms with Gasteiger partial charge in [-0.05, 0) is 29.0 Å². The number of hydrogen-bond donors (Lipinski definition) is 0. The average Bonchev–Trinajstić information content (AvgIpc) is 2.94. The Hall–Kier alpha value is -2.96. The van der Waals surface area contributed by atoms with Crippen LogP contribution < -0.4 is 4.74 Å². The fraction of sp³-hybridized carbons (Fsp3) is 0.143. The molecule has 0 N–H and O–H groups in total. The van der Waals surface area contributed by atoms with Crippen LogP contribution >= 0.6 is 0 Å². The molecular weight excluding hydrogens is 274 g/mol. The van der Waals surface area contributed by atoms with E-state index in [2.05, 4.69) is 4.98 Å². The molecule has 0 unspecified atom stereocenters. The number of aryl methyl sites for hydroxylation is 2. The van der Waals surface area contributed by atoms with Gasteiger partial charge >= 0.3 is 5.82 Å². The zero-order valence-corrected chi connectivity index (χ0v) is 11.4. The van der Waals surface area contributed by atoms with Crippen molar-refractivity contribution in [3.8, 4) is 5.75 Å². The second-order valence-electron chi connectivity index (χ2n) is 4.76. The first-order valence-electron chi connectivity index (χ1n) is 6.18. The van der Waals surface area contributed by atoms with Gasteiger partial charge in [-0.3, -0.25) is 4.79 Å². The third-order valence-corrected chi connectivity index (χ3v) is 3.23. The summed E-state index contributed by atoms with van der Waals surface area (Å²) in [7, 11) is 1.61. The summed E-state index contributed by atoms with van der Waals surface area (Å²) < 4.78 is 6.95. The summed E-state index contributed by atoms with van der Waals surface area (Å²) in [5, 5.41) is 10.9. The van der Waals surface area contributed by atoms with Crippen LogP contribution in [0, 0.1) is 17.0 Å². The molecule has 0 aliphatic carbocycles. The van der Waals surface area contributed by atoms with Gasteiger partial charge in [0, 0.05) is 13.1 Å². The van der Waals surface area contributed by atoms with Crippen molar-refractivity contribution < 1.29 is 14.5 Å². The fourth-order valence-electron chi connectivity index (χ4n) is 2.16. The van der Waals surface area contributed by atoms with Crippen molar-refractivity contribution in [2.24, 2.45) is 7.05 Å². The van der Waals surface area contributed by atoms with Gasteiger partial charge in [-0.25, -0.2) is 0 Å². The maximum atomic E-state index is 12.3. The third-order valence-electron chi connectivity index (χ3n) is 3.23. The van der Waals surface area contributed by atoms with E-state index in [-0.39, 0.29) is 23.1 Å². The van der Waals surface area contributed by atoms with Crippen molar-refractivity contribution >= 4 is 17.7 Å². The lowest BCUT2D eigenvalue weighted by molar-refractivity contribution is -0.389. The molecular formula is C14H11N3O4. The molecule has 0 saturated carbocycles. The molecule has 3 rings (SSSR count). The van der Waals surface area contributed by atoms with Crippen LogP contribution in [-0.2, 0) is 7.05 Å². The molecule has 7 nitrogen and oxygen atoms in total. The molecule has 2 heterocycles. The minimum absolute atomic E-state index is 0.0577. The van der Waals surface area contributed by atoms with Crippen molar-refractivity contribution in [2.75, 3.05) is 0 Å². The molecule has 0 amide bonds. The van der Waals surface area contributed by atoms with E-state index in [1.807, 2.05) is 13.0 Å². The number of rotatable bonds is 2. The van der Waals surface area contributed by atoms with Gasteiger partial charge in [-0.1, -0.05) is 11.6 Å². The van der Waals surface area contributed by atoms with Crippen molar-refractivity contribution in [3.05, 3.63) is 57.2 Å². The highest BCUT2D eigenvalue weighted by molar-refractivity contribution is 6.14. The quantitative estimate of drug-likeness (QED) is 0.480. The van der Waals surface area contributed by atoms with Crippen molar-refractivity contribution in [1.82, 2.24) is 9.55 Å². The topological polar surface area (TPSA) is 87.3 Å². The maximum absolute atomic E-state index is 12.3. The molecule has 7 heteroatoms. The lowest BCUT2D eigenvalue weighted by Gasteiger charge is -1.99. The Kier molecular flexibility index (Phi) is 2.83. The predicted octanol–water partition coefficient (Wildman–Crippen LogP) is 2.25. The summed E-state index contributed by atoms with van der Waals surface area (Å²) in [6.45, 7) is 1.88. The molecule has 1 aliphatic heterocycles. The standard InChI is InChI=1S/C14H11N3O4/c1-8-3-4-11-9(5-8)13(18)12(21-11)6-10-14(17(19)20)15-7-16(10)2/h3-7H,1-2H3/b12-6-. The summed E-state index contributed by atoms with van der Waals surface area (Å²) >= 11 is 0. The Labute approximate surface area is 119 Å². The molecule has 0 atom stereocenters. The Morgan fingerprint density at radius 2 is 2.19 bits per heavy atom. The van der Waals surface area contributed by atoms with Gasteiger partial charge in [0.05, 0.1) is 5.56 Å². The van der Waals surface area contributed by atoms with E-state index in [9.17, 15) is 14.9 Å². The highest BCUT2D eigenvalue weighted by Gasteiger charge is 2.29. The van der Waals surface area contributed by atoms with E-state index in [0.29, 0.717) is 11.3 Å². The molecule has 2 aromatic rings.